The van der Waals surface area contributed by atoms with Gasteiger partial charge >= 0.3 is 5.97 Å². The number of ether oxygens (including phenoxy) is 1. The van der Waals surface area contributed by atoms with E-state index in [-0.39, 0.29) is 17.4 Å². The highest BCUT2D eigenvalue weighted by Gasteiger charge is 2.59. The average Bonchev–Trinajstić information content (AvgIpc) is 3.27. The van der Waals surface area contributed by atoms with Crippen molar-refractivity contribution in [2.45, 2.75) is 97.2 Å². The van der Waals surface area contributed by atoms with Gasteiger partial charge in [0.25, 0.3) is 5.91 Å². The fraction of sp³-hybridized carbons (Fsp3) is 0.697. The molecular formula is C33H48N2O3. The maximum Gasteiger partial charge on any atom is 0.303 e. The number of hydrogen-bond donors (Lipinski definition) is 1. The molecule has 1 aromatic carbocycles. The van der Waals surface area contributed by atoms with Crippen LogP contribution in [0.1, 0.15) is 90.7 Å². The summed E-state index contributed by atoms with van der Waals surface area (Å²) in [5.74, 6) is 2.60. The molecule has 1 amide bonds. The van der Waals surface area contributed by atoms with Crippen molar-refractivity contribution in [3.05, 3.63) is 47.5 Å². The Morgan fingerprint density at radius 2 is 1.79 bits per heavy atom. The summed E-state index contributed by atoms with van der Waals surface area (Å²) >= 11 is 0. The van der Waals surface area contributed by atoms with Gasteiger partial charge in [0.2, 0.25) is 6.10 Å². The van der Waals surface area contributed by atoms with Crippen molar-refractivity contribution in [3.8, 4) is 0 Å². The van der Waals surface area contributed by atoms with Gasteiger partial charge in [0.05, 0.1) is 0 Å². The van der Waals surface area contributed by atoms with E-state index in [0.29, 0.717) is 11.5 Å². The number of fused-ring (bicyclic) bond motifs is 5. The van der Waals surface area contributed by atoms with Crippen LogP contribution in [0.15, 0.2) is 42.0 Å². The molecule has 1 aromatic rings. The van der Waals surface area contributed by atoms with Crippen molar-refractivity contribution in [2.75, 3.05) is 14.1 Å². The van der Waals surface area contributed by atoms with Gasteiger partial charge in [-0.25, -0.2) is 0 Å². The van der Waals surface area contributed by atoms with Gasteiger partial charge in [0.15, 0.2) is 0 Å². The van der Waals surface area contributed by atoms with Crippen molar-refractivity contribution in [1.29, 1.82) is 0 Å². The molecule has 5 heteroatoms. The zero-order valence-corrected chi connectivity index (χ0v) is 24.3. The molecule has 5 rings (SSSR count). The second-order valence-electron chi connectivity index (χ2n) is 13.3. The highest BCUT2D eigenvalue weighted by molar-refractivity contribution is 5.84. The first-order chi connectivity index (χ1) is 18.1. The summed E-state index contributed by atoms with van der Waals surface area (Å²) in [6.45, 7) is 8.89. The number of carbonyl (C=O) groups is 2. The minimum atomic E-state index is -0.886. The van der Waals surface area contributed by atoms with E-state index in [1.807, 2.05) is 42.3 Å². The summed E-state index contributed by atoms with van der Waals surface area (Å²) in [6, 6.07) is 10.1. The van der Waals surface area contributed by atoms with E-state index in [2.05, 4.69) is 39.2 Å². The molecule has 208 valence electrons. The zero-order chi connectivity index (χ0) is 27.2. The number of nitrogens with zero attached hydrogens (tertiary/aromatic N) is 1. The molecule has 0 radical (unpaired) electrons. The number of hydrogen-bond acceptors (Lipinski definition) is 4. The number of amides is 1. The Kier molecular flexibility index (Phi) is 7.54. The molecule has 4 aliphatic rings. The summed E-state index contributed by atoms with van der Waals surface area (Å²) in [5, 5.41) is 3.57. The highest BCUT2D eigenvalue weighted by Crippen LogP contribution is 2.66. The monoisotopic (exact) mass is 520 g/mol. The Bertz CT molecular complexity index is 1070. The highest BCUT2D eigenvalue weighted by atomic mass is 16.5. The topological polar surface area (TPSA) is 58.6 Å². The van der Waals surface area contributed by atoms with Gasteiger partial charge in [0, 0.05) is 31.6 Å². The van der Waals surface area contributed by atoms with E-state index >= 15 is 0 Å². The summed E-state index contributed by atoms with van der Waals surface area (Å²) in [4.78, 5) is 27.4. The third-order valence-electron chi connectivity index (χ3n) is 11.7. The predicted molar refractivity (Wildman–Crippen MR) is 151 cm³/mol. The molecule has 5 nitrogen and oxygen atoms in total. The number of nitrogens with one attached hydrogen (secondary N) is 1. The van der Waals surface area contributed by atoms with Crippen LogP contribution in [0.5, 0.6) is 0 Å². The van der Waals surface area contributed by atoms with Gasteiger partial charge in [-0.3, -0.25) is 9.59 Å². The first-order valence-electron chi connectivity index (χ1n) is 15.0. The summed E-state index contributed by atoms with van der Waals surface area (Å²) in [5.41, 5.74) is 3.00. The third-order valence-corrected chi connectivity index (χ3v) is 11.7. The molecular weight excluding hydrogens is 472 g/mol. The van der Waals surface area contributed by atoms with Gasteiger partial charge in [-0.2, -0.15) is 0 Å². The third kappa shape index (κ3) is 4.53. The zero-order valence-electron chi connectivity index (χ0n) is 24.3. The van der Waals surface area contributed by atoms with Crippen LogP contribution in [0.25, 0.3) is 0 Å². The van der Waals surface area contributed by atoms with Gasteiger partial charge in [-0.1, -0.05) is 55.8 Å². The Labute approximate surface area is 229 Å². The molecule has 0 heterocycles. The van der Waals surface area contributed by atoms with Crippen LogP contribution in [0.4, 0.5) is 0 Å². The summed E-state index contributed by atoms with van der Waals surface area (Å²) in [7, 11) is 4.02. The summed E-state index contributed by atoms with van der Waals surface area (Å²) < 4.78 is 5.54. The van der Waals surface area contributed by atoms with Gasteiger partial charge in [-0.15, -0.1) is 0 Å². The fourth-order valence-electron chi connectivity index (χ4n) is 9.46. The molecule has 3 fully saturated rings. The number of likely N-dealkylation sites (N-methyl/N-ethyl adjacent to an activating group) is 1. The standard InChI is InChI=1S/C33H48N2O3/c1-21(34-5)27-14-15-28-26-13-12-24-20-25(16-18-32(24,3)29(26)17-19-33(27,28)4)35(6)31(37)30(38-22(2)36)23-10-8-7-9-11-23/h7-12,21,25-30,34H,13-20H2,1-6H3. The van der Waals surface area contributed by atoms with E-state index in [0.717, 1.165) is 48.5 Å². The molecule has 4 aliphatic carbocycles. The van der Waals surface area contributed by atoms with Crippen molar-refractivity contribution in [1.82, 2.24) is 10.2 Å². The molecule has 0 aromatic heterocycles. The van der Waals surface area contributed by atoms with E-state index in [9.17, 15) is 9.59 Å². The van der Waals surface area contributed by atoms with E-state index in [1.54, 1.807) is 5.57 Å². The first-order valence-corrected chi connectivity index (χ1v) is 15.0. The number of benzene rings is 1. The molecule has 38 heavy (non-hydrogen) atoms. The Hall–Kier alpha value is -2.14. The van der Waals surface area contributed by atoms with Crippen LogP contribution in [-0.4, -0.2) is 43.0 Å². The number of rotatable bonds is 6. The van der Waals surface area contributed by atoms with Crippen molar-refractivity contribution >= 4 is 11.9 Å². The predicted octanol–water partition coefficient (Wildman–Crippen LogP) is 6.30. The number of allylic oxidation sites excluding steroid dienone is 1. The molecule has 0 spiro atoms. The number of esters is 1. The lowest BCUT2D eigenvalue weighted by Crippen LogP contribution is -2.53. The molecule has 0 saturated heterocycles. The average molecular weight is 521 g/mol. The van der Waals surface area contributed by atoms with Crippen molar-refractivity contribution in [2.24, 2.45) is 34.5 Å². The van der Waals surface area contributed by atoms with Crippen LogP contribution in [0.2, 0.25) is 0 Å². The van der Waals surface area contributed by atoms with Crippen LogP contribution >= 0.6 is 0 Å². The number of carbonyl (C=O) groups excluding carboxylic acids is 2. The Morgan fingerprint density at radius 3 is 2.47 bits per heavy atom. The first kappa shape index (κ1) is 27.4. The minimum absolute atomic E-state index is 0.127. The lowest BCUT2D eigenvalue weighted by atomic mass is 9.47. The molecule has 0 aliphatic heterocycles. The Balaban J connectivity index is 1.33. The molecule has 1 N–H and O–H groups in total. The maximum absolute atomic E-state index is 13.6. The van der Waals surface area contributed by atoms with E-state index in [4.69, 9.17) is 4.74 Å². The van der Waals surface area contributed by atoms with Crippen molar-refractivity contribution < 1.29 is 14.3 Å². The molecule has 9 unspecified atom stereocenters. The van der Waals surface area contributed by atoms with E-state index in [1.165, 1.54) is 39.0 Å². The fourth-order valence-corrected chi connectivity index (χ4v) is 9.46. The summed E-state index contributed by atoms with van der Waals surface area (Å²) in [6.07, 6.45) is 11.4. The van der Waals surface area contributed by atoms with Crippen LogP contribution in [-0.2, 0) is 14.3 Å². The lowest BCUT2D eigenvalue weighted by molar-refractivity contribution is -0.160. The second-order valence-corrected chi connectivity index (χ2v) is 13.3. The van der Waals surface area contributed by atoms with Gasteiger partial charge < -0.3 is 15.0 Å². The lowest BCUT2D eigenvalue weighted by Gasteiger charge is -2.59. The SMILES string of the molecule is CNC(C)C1CCC2C3CC=C4CC(N(C)C(=O)C(OC(C)=O)c5ccccc5)CCC4(C)C3CCC12C. The second kappa shape index (κ2) is 10.4. The van der Waals surface area contributed by atoms with Crippen LogP contribution < -0.4 is 5.32 Å². The van der Waals surface area contributed by atoms with Crippen LogP contribution in [0, 0.1) is 34.5 Å². The largest absolute Gasteiger partial charge is 0.447 e. The Morgan fingerprint density at radius 1 is 1.05 bits per heavy atom. The quantitative estimate of drug-likeness (QED) is 0.353. The van der Waals surface area contributed by atoms with Gasteiger partial charge in [0.1, 0.15) is 0 Å². The maximum atomic E-state index is 13.6. The van der Waals surface area contributed by atoms with Crippen LogP contribution in [0.3, 0.4) is 0 Å². The van der Waals surface area contributed by atoms with Crippen molar-refractivity contribution in [3.63, 3.8) is 0 Å². The smallest absolute Gasteiger partial charge is 0.303 e. The molecule has 9 atom stereocenters. The normalized spacial score (nSPS) is 37.6. The molecule has 3 saturated carbocycles. The minimum Gasteiger partial charge on any atom is -0.447 e. The van der Waals surface area contributed by atoms with Gasteiger partial charge in [-0.05, 0) is 99.8 Å². The van der Waals surface area contributed by atoms with E-state index < -0.39 is 12.1 Å². The molecule has 0 bridgehead atoms.